The maximum atomic E-state index is 12.2. The Bertz CT molecular complexity index is 351. The monoisotopic (exact) mass is 342 g/mol. The smallest absolute Gasteiger partial charge is 0.317 e. The van der Waals surface area contributed by atoms with Crippen molar-refractivity contribution in [2.75, 3.05) is 58.9 Å². The summed E-state index contributed by atoms with van der Waals surface area (Å²) in [5.41, 5.74) is 0. The molecule has 0 aromatic rings. The van der Waals surface area contributed by atoms with Crippen LogP contribution in [0.3, 0.4) is 0 Å². The number of hydrogen-bond acceptors (Lipinski definition) is 4. The highest BCUT2D eigenvalue weighted by Gasteiger charge is 2.25. The fourth-order valence-corrected chi connectivity index (χ4v) is 4.77. The lowest BCUT2D eigenvalue weighted by Gasteiger charge is -2.34. The van der Waals surface area contributed by atoms with Gasteiger partial charge in [0, 0.05) is 56.3 Å². The van der Waals surface area contributed by atoms with Gasteiger partial charge in [0.1, 0.15) is 0 Å². The van der Waals surface area contributed by atoms with E-state index in [0.717, 1.165) is 26.1 Å². The van der Waals surface area contributed by atoms with Crippen LogP contribution in [-0.4, -0.2) is 90.1 Å². The summed E-state index contributed by atoms with van der Waals surface area (Å²) in [5, 5.41) is 4.19. The number of nitrogens with one attached hydrogen (secondary N) is 1. The second-order valence-electron chi connectivity index (χ2n) is 6.88. The predicted octanol–water partition coefficient (Wildman–Crippen LogP) is 1.94. The molecule has 2 amide bonds. The third-order valence-electron chi connectivity index (χ3n) is 4.80. The van der Waals surface area contributed by atoms with E-state index >= 15 is 0 Å². The number of hydrogen-bond donors (Lipinski definition) is 1. The number of urea groups is 1. The molecule has 2 fully saturated rings. The molecule has 0 aromatic carbocycles. The summed E-state index contributed by atoms with van der Waals surface area (Å²) in [5.74, 6) is 0. The zero-order valence-electron chi connectivity index (χ0n) is 15.1. The van der Waals surface area contributed by atoms with Gasteiger partial charge >= 0.3 is 6.03 Å². The lowest BCUT2D eigenvalue weighted by Crippen LogP contribution is -2.48. The van der Waals surface area contributed by atoms with Crippen molar-refractivity contribution in [2.24, 2.45) is 0 Å². The Morgan fingerprint density at radius 1 is 1.04 bits per heavy atom. The molecule has 2 aliphatic heterocycles. The number of amides is 2. The molecule has 2 rings (SSSR count). The van der Waals surface area contributed by atoms with Gasteiger partial charge in [-0.05, 0) is 25.9 Å². The summed E-state index contributed by atoms with van der Waals surface area (Å²) in [6, 6.07) is 0.126. The average molecular weight is 343 g/mol. The van der Waals surface area contributed by atoms with E-state index in [9.17, 15) is 4.79 Å². The van der Waals surface area contributed by atoms with Gasteiger partial charge in [-0.3, -0.25) is 0 Å². The Balaban J connectivity index is 1.52. The van der Waals surface area contributed by atoms with Crippen molar-refractivity contribution in [1.82, 2.24) is 20.0 Å². The predicted molar refractivity (Wildman–Crippen MR) is 99.3 cm³/mol. The van der Waals surface area contributed by atoms with E-state index in [2.05, 4.69) is 35.9 Å². The van der Waals surface area contributed by atoms with Crippen molar-refractivity contribution in [3.05, 3.63) is 0 Å². The lowest BCUT2D eigenvalue weighted by molar-refractivity contribution is 0.135. The molecule has 0 bridgehead atoms. The van der Waals surface area contributed by atoms with Gasteiger partial charge in [0.05, 0.1) is 0 Å². The van der Waals surface area contributed by atoms with Crippen molar-refractivity contribution < 1.29 is 4.79 Å². The van der Waals surface area contributed by atoms with Gasteiger partial charge in [-0.15, -0.1) is 0 Å². The topological polar surface area (TPSA) is 38.8 Å². The minimum Gasteiger partial charge on any atom is -0.338 e. The molecular weight excluding hydrogens is 308 g/mol. The Hall–Kier alpha value is -0.460. The number of piperazine rings is 1. The molecule has 0 saturated carbocycles. The molecule has 5 nitrogen and oxygen atoms in total. The molecule has 0 aliphatic carbocycles. The molecule has 6 heteroatoms. The normalized spacial score (nSPS) is 27.2. The Morgan fingerprint density at radius 3 is 2.26 bits per heavy atom. The Labute approximate surface area is 146 Å². The van der Waals surface area contributed by atoms with Crippen LogP contribution in [0.25, 0.3) is 0 Å². The van der Waals surface area contributed by atoms with Crippen LogP contribution < -0.4 is 5.32 Å². The van der Waals surface area contributed by atoms with Gasteiger partial charge in [-0.2, -0.15) is 11.8 Å². The Kier molecular flexibility index (Phi) is 7.99. The summed E-state index contributed by atoms with van der Waals surface area (Å²) in [6.45, 7) is 16.4. The van der Waals surface area contributed by atoms with Crippen LogP contribution in [0.5, 0.6) is 0 Å². The molecule has 0 aromatic heterocycles. The highest BCUT2D eigenvalue weighted by molar-refractivity contribution is 8.00. The number of carbonyl (C=O) groups excluding carboxylic acids is 1. The van der Waals surface area contributed by atoms with Gasteiger partial charge in [0.15, 0.2) is 0 Å². The molecule has 2 saturated heterocycles. The number of carbonyl (C=O) groups is 1. The summed E-state index contributed by atoms with van der Waals surface area (Å²) in [7, 11) is 0. The third-order valence-corrected chi connectivity index (χ3v) is 6.02. The van der Waals surface area contributed by atoms with E-state index in [0.29, 0.717) is 10.5 Å². The van der Waals surface area contributed by atoms with Crippen molar-refractivity contribution in [1.29, 1.82) is 0 Å². The van der Waals surface area contributed by atoms with Gasteiger partial charge in [0.25, 0.3) is 0 Å². The molecule has 2 atom stereocenters. The molecule has 0 spiro atoms. The van der Waals surface area contributed by atoms with Gasteiger partial charge in [-0.25, -0.2) is 4.79 Å². The number of likely N-dealkylation sites (N-methyl/N-ethyl adjacent to an activating group) is 1. The van der Waals surface area contributed by atoms with Crippen LogP contribution in [0.1, 0.15) is 33.6 Å². The van der Waals surface area contributed by atoms with E-state index in [-0.39, 0.29) is 6.03 Å². The van der Waals surface area contributed by atoms with Crippen LogP contribution in [-0.2, 0) is 0 Å². The van der Waals surface area contributed by atoms with Crippen molar-refractivity contribution >= 4 is 17.8 Å². The first kappa shape index (κ1) is 18.9. The van der Waals surface area contributed by atoms with Crippen molar-refractivity contribution in [3.8, 4) is 0 Å². The van der Waals surface area contributed by atoms with Crippen LogP contribution >= 0.6 is 11.8 Å². The summed E-state index contributed by atoms with van der Waals surface area (Å²) >= 11 is 1.98. The van der Waals surface area contributed by atoms with Gasteiger partial charge < -0.3 is 20.0 Å². The molecule has 2 heterocycles. The second kappa shape index (κ2) is 9.74. The maximum Gasteiger partial charge on any atom is 0.317 e. The fraction of sp³-hybridized carbons (Fsp3) is 0.941. The molecule has 23 heavy (non-hydrogen) atoms. The first-order chi connectivity index (χ1) is 11.1. The number of rotatable bonds is 6. The minimum atomic E-state index is 0.126. The first-order valence-electron chi connectivity index (χ1n) is 9.21. The van der Waals surface area contributed by atoms with Gasteiger partial charge in [0.2, 0.25) is 0 Å². The van der Waals surface area contributed by atoms with Crippen LogP contribution in [0.15, 0.2) is 0 Å². The molecule has 0 unspecified atom stereocenters. The molecule has 2 aliphatic rings. The zero-order chi connectivity index (χ0) is 16.7. The molecule has 134 valence electrons. The van der Waals surface area contributed by atoms with E-state index in [1.165, 1.54) is 45.7 Å². The van der Waals surface area contributed by atoms with Crippen molar-refractivity contribution in [3.63, 3.8) is 0 Å². The Morgan fingerprint density at radius 2 is 1.65 bits per heavy atom. The van der Waals surface area contributed by atoms with E-state index in [1.54, 1.807) is 0 Å². The number of unbranched alkanes of at least 4 members (excludes halogenated alkanes) is 1. The molecular formula is C17H34N4OS. The quantitative estimate of drug-likeness (QED) is 0.749. The first-order valence-corrected chi connectivity index (χ1v) is 10.2. The highest BCUT2D eigenvalue weighted by Crippen LogP contribution is 2.24. The molecule has 0 radical (unpaired) electrons. The SMILES string of the molecule is CCN1CCN(CCCCNC(=O)N2C[C@H](C)S[C@@H](C)C2)CC1. The van der Waals surface area contributed by atoms with Crippen LogP contribution in [0, 0.1) is 0 Å². The lowest BCUT2D eigenvalue weighted by atomic mass is 10.2. The summed E-state index contributed by atoms with van der Waals surface area (Å²) in [6.07, 6.45) is 2.25. The number of nitrogens with zero attached hydrogens (tertiary/aromatic N) is 3. The minimum absolute atomic E-state index is 0.126. The zero-order valence-corrected chi connectivity index (χ0v) is 15.9. The van der Waals surface area contributed by atoms with Crippen molar-refractivity contribution in [2.45, 2.75) is 44.1 Å². The highest BCUT2D eigenvalue weighted by atomic mass is 32.2. The van der Waals surface area contributed by atoms with Gasteiger partial charge in [-0.1, -0.05) is 20.8 Å². The van der Waals surface area contributed by atoms with E-state index in [1.807, 2.05) is 16.7 Å². The average Bonchev–Trinajstić information content (AvgIpc) is 2.54. The largest absolute Gasteiger partial charge is 0.338 e. The maximum absolute atomic E-state index is 12.2. The molecule has 1 N–H and O–H groups in total. The fourth-order valence-electron chi connectivity index (χ4n) is 3.44. The standard InChI is InChI=1S/C17H34N4OS/c1-4-19-9-11-20(12-10-19)8-6-5-7-18-17(22)21-13-15(2)23-16(3)14-21/h15-16H,4-14H2,1-3H3,(H,18,22)/t15-,16-/m0/s1. The van der Waals surface area contributed by atoms with Crippen LogP contribution in [0.2, 0.25) is 0 Å². The van der Waals surface area contributed by atoms with E-state index in [4.69, 9.17) is 0 Å². The third kappa shape index (κ3) is 6.51. The van der Waals surface area contributed by atoms with E-state index < -0.39 is 0 Å². The van der Waals surface area contributed by atoms with Crippen LogP contribution in [0.4, 0.5) is 4.79 Å². The number of thioether (sulfide) groups is 1. The second-order valence-corrected chi connectivity index (χ2v) is 8.76. The summed E-state index contributed by atoms with van der Waals surface area (Å²) in [4.78, 5) is 19.3. The summed E-state index contributed by atoms with van der Waals surface area (Å²) < 4.78 is 0.